The third kappa shape index (κ3) is 5.60. The van der Waals surface area contributed by atoms with E-state index in [4.69, 9.17) is 0 Å². The Hall–Kier alpha value is -3.65. The number of rotatable bonds is 7. The molecule has 0 bridgehead atoms. The number of carbonyl (C=O) groups is 3. The second kappa shape index (κ2) is 9.78. The first-order chi connectivity index (χ1) is 16.9. The number of hydrogen-bond acceptors (Lipinski definition) is 7. The minimum absolute atomic E-state index is 0.0166. The van der Waals surface area contributed by atoms with Gasteiger partial charge in [-0.2, -0.15) is 5.10 Å². The van der Waals surface area contributed by atoms with Gasteiger partial charge in [-0.1, -0.05) is 12.1 Å². The number of hydrogen-bond donors (Lipinski definition) is 1. The van der Waals surface area contributed by atoms with E-state index in [1.807, 2.05) is 0 Å². The molecule has 0 unspecified atom stereocenters. The molecule has 1 N–H and O–H groups in total. The lowest BCUT2D eigenvalue weighted by Gasteiger charge is -2.11. The number of sulfonamides is 1. The monoisotopic (exact) mass is 538 g/mol. The smallest absolute Gasteiger partial charge is 0.272 e. The van der Waals surface area contributed by atoms with E-state index in [1.54, 1.807) is 22.9 Å². The van der Waals surface area contributed by atoms with E-state index in [-0.39, 0.29) is 17.0 Å². The molecule has 3 amide bonds. The third-order valence-corrected chi connectivity index (χ3v) is 6.61. The molecule has 2 aromatic carbocycles. The van der Waals surface area contributed by atoms with Crippen LogP contribution in [0.3, 0.4) is 0 Å². The highest BCUT2D eigenvalue weighted by Crippen LogP contribution is 2.32. The van der Waals surface area contributed by atoms with E-state index < -0.39 is 51.4 Å². The van der Waals surface area contributed by atoms with Crippen molar-refractivity contribution in [1.82, 2.24) is 19.4 Å². The molecular weight excluding hydrogens is 521 g/mol. The van der Waals surface area contributed by atoms with Crippen molar-refractivity contribution in [1.29, 1.82) is 0 Å². The van der Waals surface area contributed by atoms with Gasteiger partial charge in [0.25, 0.3) is 23.5 Å². The highest BCUT2D eigenvalue weighted by atomic mass is 32.2. The maximum absolute atomic E-state index is 13.4. The molecule has 0 spiro atoms. The SMILES string of the molecule is CS(=O)(=O)NC(=O)CN1C(=O)SC(=Cc2ccc3c(cnn3Cc3ccc(F)cc3C(F)F)c2)C1=O. The van der Waals surface area contributed by atoms with Gasteiger partial charge < -0.3 is 0 Å². The van der Waals surface area contributed by atoms with Crippen LogP contribution in [0.25, 0.3) is 17.0 Å². The lowest BCUT2D eigenvalue weighted by Crippen LogP contribution is -2.41. The Balaban J connectivity index is 1.54. The molecule has 3 aromatic rings. The van der Waals surface area contributed by atoms with Crippen LogP contribution in [-0.4, -0.2) is 53.0 Å². The molecule has 2 heterocycles. The van der Waals surface area contributed by atoms with E-state index in [2.05, 4.69) is 5.10 Å². The number of nitrogens with zero attached hydrogens (tertiary/aromatic N) is 3. The molecule has 0 atom stereocenters. The Bertz CT molecular complexity index is 1540. The topological polar surface area (TPSA) is 118 Å². The number of halogens is 3. The standard InChI is InChI=1S/C22H17F3N4O5S2/c1-36(33,34)27-19(30)11-28-21(31)18(35-22(28)32)7-12-2-5-17-14(6-12)9-26-29(17)10-13-3-4-15(23)8-16(13)20(24)25/h2-9,20H,10-11H2,1H3,(H,27,30). The average molecular weight is 539 g/mol. The second-order valence-corrected chi connectivity index (χ2v) is 10.6. The van der Waals surface area contributed by atoms with E-state index in [9.17, 15) is 36.0 Å². The molecule has 0 saturated carbocycles. The van der Waals surface area contributed by atoms with Crippen LogP contribution in [0.15, 0.2) is 47.5 Å². The van der Waals surface area contributed by atoms with Crippen molar-refractivity contribution in [2.75, 3.05) is 12.8 Å². The van der Waals surface area contributed by atoms with Gasteiger partial charge in [-0.05, 0) is 53.2 Å². The van der Waals surface area contributed by atoms with Gasteiger partial charge in [0, 0.05) is 10.9 Å². The molecule has 1 aromatic heterocycles. The summed E-state index contributed by atoms with van der Waals surface area (Å²) in [6.07, 6.45) is 0.857. The number of fused-ring (bicyclic) bond motifs is 1. The quantitative estimate of drug-likeness (QED) is 0.459. The molecule has 188 valence electrons. The zero-order chi connectivity index (χ0) is 26.2. The number of alkyl halides is 2. The molecular formula is C22H17F3N4O5S2. The summed E-state index contributed by atoms with van der Waals surface area (Å²) in [4.78, 5) is 37.2. The summed E-state index contributed by atoms with van der Waals surface area (Å²) in [5.41, 5.74) is 0.927. The molecule has 0 aliphatic carbocycles. The van der Waals surface area contributed by atoms with Crippen molar-refractivity contribution >= 4 is 55.8 Å². The largest absolute Gasteiger partial charge is 0.294 e. The van der Waals surface area contributed by atoms with Crippen molar-refractivity contribution in [3.63, 3.8) is 0 Å². The predicted molar refractivity (Wildman–Crippen MR) is 126 cm³/mol. The number of benzene rings is 2. The fourth-order valence-corrected chi connectivity index (χ4v) is 4.88. The first-order valence-electron chi connectivity index (χ1n) is 10.2. The van der Waals surface area contributed by atoms with Crippen molar-refractivity contribution < 1.29 is 36.0 Å². The average Bonchev–Trinajstić information content (AvgIpc) is 3.29. The van der Waals surface area contributed by atoms with Gasteiger partial charge in [-0.25, -0.2) is 21.6 Å². The van der Waals surface area contributed by atoms with Gasteiger partial charge >= 0.3 is 0 Å². The van der Waals surface area contributed by atoms with E-state index in [1.165, 1.54) is 23.0 Å². The molecule has 1 aliphatic heterocycles. The van der Waals surface area contributed by atoms with Crippen LogP contribution in [0, 0.1) is 5.82 Å². The lowest BCUT2D eigenvalue weighted by atomic mass is 10.1. The summed E-state index contributed by atoms with van der Waals surface area (Å²) in [6.45, 7) is -0.762. The number of nitrogens with one attached hydrogen (secondary N) is 1. The van der Waals surface area contributed by atoms with Gasteiger partial charge in [-0.3, -0.25) is 28.7 Å². The van der Waals surface area contributed by atoms with Gasteiger partial charge in [-0.15, -0.1) is 0 Å². The van der Waals surface area contributed by atoms with Crippen LogP contribution in [-0.2, 0) is 26.2 Å². The maximum atomic E-state index is 13.4. The molecule has 1 aliphatic rings. The summed E-state index contributed by atoms with van der Waals surface area (Å²) in [5.74, 6) is -2.53. The van der Waals surface area contributed by atoms with Crippen LogP contribution >= 0.6 is 11.8 Å². The van der Waals surface area contributed by atoms with Crippen molar-refractivity contribution in [3.8, 4) is 0 Å². The number of imide groups is 1. The first kappa shape index (κ1) is 25.4. The summed E-state index contributed by atoms with van der Waals surface area (Å²) >= 11 is 0.601. The zero-order valence-corrected chi connectivity index (χ0v) is 20.1. The third-order valence-electron chi connectivity index (χ3n) is 5.10. The predicted octanol–water partition coefficient (Wildman–Crippen LogP) is 3.27. The molecule has 4 rings (SSSR count). The molecule has 0 radical (unpaired) electrons. The van der Waals surface area contributed by atoms with Crippen LogP contribution in [0.5, 0.6) is 0 Å². The summed E-state index contributed by atoms with van der Waals surface area (Å²) in [7, 11) is -3.84. The van der Waals surface area contributed by atoms with Gasteiger partial charge in [0.15, 0.2) is 0 Å². The second-order valence-electron chi connectivity index (χ2n) is 7.83. The van der Waals surface area contributed by atoms with E-state index in [0.717, 1.165) is 18.4 Å². The highest BCUT2D eigenvalue weighted by Gasteiger charge is 2.36. The Morgan fingerprint density at radius 2 is 1.94 bits per heavy atom. The van der Waals surface area contributed by atoms with Gasteiger partial charge in [0.2, 0.25) is 10.0 Å². The summed E-state index contributed by atoms with van der Waals surface area (Å²) < 4.78 is 65.5. The van der Waals surface area contributed by atoms with E-state index >= 15 is 0 Å². The number of carbonyl (C=O) groups excluding carboxylic acids is 3. The Morgan fingerprint density at radius 1 is 1.19 bits per heavy atom. The minimum Gasteiger partial charge on any atom is -0.272 e. The molecule has 36 heavy (non-hydrogen) atoms. The van der Waals surface area contributed by atoms with Crippen LogP contribution < -0.4 is 4.72 Å². The lowest BCUT2D eigenvalue weighted by molar-refractivity contribution is -0.128. The van der Waals surface area contributed by atoms with Gasteiger partial charge in [0.1, 0.15) is 12.4 Å². The number of aromatic nitrogens is 2. The molecule has 14 heteroatoms. The Morgan fingerprint density at radius 3 is 2.64 bits per heavy atom. The van der Waals surface area contributed by atoms with Crippen molar-refractivity contribution in [2.45, 2.75) is 13.0 Å². The Labute approximate surface area is 207 Å². The minimum atomic E-state index is -3.84. The fraction of sp³-hybridized carbons (Fsp3) is 0.182. The fourth-order valence-electron chi connectivity index (χ4n) is 3.57. The summed E-state index contributed by atoms with van der Waals surface area (Å²) in [5, 5.41) is 4.11. The number of amides is 3. The maximum Gasteiger partial charge on any atom is 0.294 e. The van der Waals surface area contributed by atoms with Crippen molar-refractivity contribution in [2.24, 2.45) is 0 Å². The van der Waals surface area contributed by atoms with Crippen LogP contribution in [0.1, 0.15) is 23.1 Å². The van der Waals surface area contributed by atoms with Crippen LogP contribution in [0.2, 0.25) is 0 Å². The summed E-state index contributed by atoms with van der Waals surface area (Å²) in [6, 6.07) is 8.13. The normalized spacial score (nSPS) is 15.5. The first-order valence-corrected chi connectivity index (χ1v) is 12.9. The Kier molecular flexibility index (Phi) is 6.91. The molecule has 1 saturated heterocycles. The van der Waals surface area contributed by atoms with Gasteiger partial charge in [0.05, 0.1) is 29.4 Å². The van der Waals surface area contributed by atoms with Crippen LogP contribution in [0.4, 0.5) is 18.0 Å². The molecule has 9 nitrogen and oxygen atoms in total. The molecule has 1 fully saturated rings. The number of thioether (sulfide) groups is 1. The van der Waals surface area contributed by atoms with Crippen molar-refractivity contribution in [3.05, 3.63) is 70.0 Å². The van der Waals surface area contributed by atoms with E-state index in [0.29, 0.717) is 33.1 Å². The highest BCUT2D eigenvalue weighted by molar-refractivity contribution is 8.18. The zero-order valence-electron chi connectivity index (χ0n) is 18.4.